The highest BCUT2D eigenvalue weighted by molar-refractivity contribution is 5.95. The molecule has 0 amide bonds. The molecule has 10 heteroatoms. The van der Waals surface area contributed by atoms with Gasteiger partial charge in [0.25, 0.3) is 5.69 Å². The van der Waals surface area contributed by atoms with Gasteiger partial charge in [0.05, 0.1) is 23.0 Å². The molecule has 1 aromatic carbocycles. The van der Waals surface area contributed by atoms with E-state index in [1.165, 1.54) is 24.3 Å². The number of carbonyl (C=O) groups is 1. The maximum Gasteiger partial charge on any atom is 0.348 e. The lowest BCUT2D eigenvalue weighted by Crippen LogP contribution is -2.29. The van der Waals surface area contributed by atoms with Crippen LogP contribution < -0.4 is 16.7 Å². The standard InChI is InChI=1S/C17H17N5O5/c1-3-27-16(23)11-8(2)19-15-13(14(18)20-17(24)21-15)12(11)9-4-6-10(7-5-9)22(25)26/h4-7,12H,3H2,1-2H3,(H4,18,19,20,21,24). The zero-order valence-corrected chi connectivity index (χ0v) is 14.6. The number of hydrogen-bond donors (Lipinski definition) is 3. The fourth-order valence-corrected chi connectivity index (χ4v) is 3.09. The van der Waals surface area contributed by atoms with Gasteiger partial charge in [0.15, 0.2) is 0 Å². The molecule has 0 bridgehead atoms. The normalized spacial score (nSPS) is 15.7. The van der Waals surface area contributed by atoms with Gasteiger partial charge in [-0.3, -0.25) is 15.1 Å². The number of nitrogen functional groups attached to an aromatic ring is 1. The van der Waals surface area contributed by atoms with Crippen LogP contribution in [0.1, 0.15) is 30.9 Å². The van der Waals surface area contributed by atoms with Crippen LogP contribution in [-0.4, -0.2) is 27.5 Å². The summed E-state index contributed by atoms with van der Waals surface area (Å²) < 4.78 is 5.17. The summed E-state index contributed by atoms with van der Waals surface area (Å²) in [5.74, 6) is -0.979. The molecule has 27 heavy (non-hydrogen) atoms. The summed E-state index contributed by atoms with van der Waals surface area (Å²) >= 11 is 0. The fraction of sp³-hybridized carbons (Fsp3) is 0.235. The van der Waals surface area contributed by atoms with Gasteiger partial charge in [-0.15, -0.1) is 0 Å². The lowest BCUT2D eigenvalue weighted by atomic mass is 9.82. The molecule has 1 aliphatic rings. The van der Waals surface area contributed by atoms with Crippen molar-refractivity contribution in [2.45, 2.75) is 19.8 Å². The van der Waals surface area contributed by atoms with E-state index in [1.54, 1.807) is 13.8 Å². The van der Waals surface area contributed by atoms with E-state index in [0.717, 1.165) is 0 Å². The Balaban J connectivity index is 2.23. The van der Waals surface area contributed by atoms with Crippen LogP contribution in [0, 0.1) is 10.1 Å². The van der Waals surface area contributed by atoms with Gasteiger partial charge in [-0.25, -0.2) is 9.59 Å². The molecular weight excluding hydrogens is 354 g/mol. The maximum absolute atomic E-state index is 12.6. The molecule has 1 atom stereocenters. The zero-order valence-electron chi connectivity index (χ0n) is 14.6. The third kappa shape index (κ3) is 3.24. The molecule has 0 saturated carbocycles. The van der Waals surface area contributed by atoms with E-state index in [9.17, 15) is 19.7 Å². The molecule has 1 aromatic heterocycles. The minimum Gasteiger partial charge on any atom is -0.463 e. The Bertz CT molecular complexity index is 1010. The largest absolute Gasteiger partial charge is 0.463 e. The second-order valence-corrected chi connectivity index (χ2v) is 5.88. The second-order valence-electron chi connectivity index (χ2n) is 5.88. The summed E-state index contributed by atoms with van der Waals surface area (Å²) in [4.78, 5) is 41.0. The van der Waals surface area contributed by atoms with E-state index in [1.807, 2.05) is 0 Å². The number of H-pyrrole nitrogens is 1. The number of rotatable bonds is 4. The smallest absolute Gasteiger partial charge is 0.348 e. The topological polar surface area (TPSA) is 153 Å². The van der Waals surface area contributed by atoms with Gasteiger partial charge in [-0.1, -0.05) is 12.1 Å². The van der Waals surface area contributed by atoms with Gasteiger partial charge < -0.3 is 15.8 Å². The number of nitro benzene ring substituents is 1. The van der Waals surface area contributed by atoms with Crippen LogP contribution in [0.2, 0.25) is 0 Å². The Kier molecular flexibility index (Phi) is 4.63. The molecule has 4 N–H and O–H groups in total. The maximum atomic E-state index is 12.6. The molecule has 10 nitrogen and oxygen atoms in total. The molecule has 2 aromatic rings. The van der Waals surface area contributed by atoms with Crippen LogP contribution in [0.3, 0.4) is 0 Å². The molecule has 0 aliphatic carbocycles. The molecule has 0 fully saturated rings. The van der Waals surface area contributed by atoms with Gasteiger partial charge in [0.2, 0.25) is 0 Å². The van der Waals surface area contributed by atoms with Gasteiger partial charge in [0.1, 0.15) is 11.6 Å². The highest BCUT2D eigenvalue weighted by Gasteiger charge is 2.36. The molecule has 140 valence electrons. The van der Waals surface area contributed by atoms with Gasteiger partial charge in [0, 0.05) is 23.4 Å². The highest BCUT2D eigenvalue weighted by atomic mass is 16.6. The van der Waals surface area contributed by atoms with Gasteiger partial charge >= 0.3 is 11.7 Å². The van der Waals surface area contributed by atoms with Crippen molar-refractivity contribution in [3.8, 4) is 0 Å². The molecule has 0 spiro atoms. The van der Waals surface area contributed by atoms with E-state index >= 15 is 0 Å². The Morgan fingerprint density at radius 3 is 2.63 bits per heavy atom. The number of carbonyl (C=O) groups excluding carboxylic acids is 1. The number of fused-ring (bicyclic) bond motifs is 1. The number of non-ortho nitro benzene ring substituents is 1. The molecule has 1 unspecified atom stereocenters. The Morgan fingerprint density at radius 1 is 1.37 bits per heavy atom. The van der Waals surface area contributed by atoms with Crippen molar-refractivity contribution in [3.63, 3.8) is 0 Å². The van der Waals surface area contributed by atoms with Gasteiger partial charge in [-0.05, 0) is 19.4 Å². The Labute approximate surface area is 153 Å². The first-order chi connectivity index (χ1) is 12.8. The SMILES string of the molecule is CCOC(=O)C1=C(C)Nc2nc(=O)[nH]c(N)c2C1c1ccc([N+](=O)[O-])cc1. The summed E-state index contributed by atoms with van der Waals surface area (Å²) in [6.07, 6.45) is 0. The first-order valence-corrected chi connectivity index (χ1v) is 8.12. The van der Waals surface area contributed by atoms with Crippen LogP contribution in [-0.2, 0) is 9.53 Å². The summed E-state index contributed by atoms with van der Waals surface area (Å²) in [7, 11) is 0. The number of nitro groups is 1. The number of aromatic amines is 1. The van der Waals surface area contributed by atoms with E-state index in [4.69, 9.17) is 10.5 Å². The second kappa shape index (κ2) is 6.90. The number of benzene rings is 1. The number of aromatic nitrogens is 2. The molecule has 2 heterocycles. The first-order valence-electron chi connectivity index (χ1n) is 8.12. The van der Waals surface area contributed by atoms with Crippen LogP contribution in [0.5, 0.6) is 0 Å². The summed E-state index contributed by atoms with van der Waals surface area (Å²) in [5, 5.41) is 13.9. The predicted molar refractivity (Wildman–Crippen MR) is 97.2 cm³/mol. The Morgan fingerprint density at radius 2 is 2.04 bits per heavy atom. The highest BCUT2D eigenvalue weighted by Crippen LogP contribution is 2.43. The average molecular weight is 371 g/mol. The predicted octanol–water partition coefficient (Wildman–Crippen LogP) is 1.65. The quantitative estimate of drug-likeness (QED) is 0.416. The Hall–Kier alpha value is -3.69. The molecule has 1 aliphatic heterocycles. The van der Waals surface area contributed by atoms with E-state index in [2.05, 4.69) is 15.3 Å². The number of hydrogen-bond acceptors (Lipinski definition) is 8. The zero-order chi connectivity index (χ0) is 19.7. The lowest BCUT2D eigenvalue weighted by molar-refractivity contribution is -0.384. The van der Waals surface area contributed by atoms with E-state index in [0.29, 0.717) is 22.4 Å². The van der Waals surface area contributed by atoms with Crippen LogP contribution in [0.4, 0.5) is 17.3 Å². The van der Waals surface area contributed by atoms with E-state index < -0.39 is 22.5 Å². The van der Waals surface area contributed by atoms with Crippen molar-refractivity contribution in [3.05, 3.63) is 67.3 Å². The van der Waals surface area contributed by atoms with Crippen molar-refractivity contribution in [1.29, 1.82) is 0 Å². The monoisotopic (exact) mass is 371 g/mol. The number of nitrogens with zero attached hydrogens (tertiary/aromatic N) is 2. The minimum absolute atomic E-state index is 0.0511. The number of ether oxygens (including phenoxy) is 1. The van der Waals surface area contributed by atoms with Crippen molar-refractivity contribution in [2.24, 2.45) is 0 Å². The number of nitrogens with two attached hydrogens (primary N) is 1. The summed E-state index contributed by atoms with van der Waals surface area (Å²) in [5.41, 5.74) is 7.02. The van der Waals surface area contributed by atoms with Crippen molar-refractivity contribution in [1.82, 2.24) is 9.97 Å². The van der Waals surface area contributed by atoms with Crippen LogP contribution >= 0.6 is 0 Å². The summed E-state index contributed by atoms with van der Waals surface area (Å²) in [6.45, 7) is 3.52. The number of esters is 1. The summed E-state index contributed by atoms with van der Waals surface area (Å²) in [6, 6.07) is 5.75. The van der Waals surface area contributed by atoms with Crippen molar-refractivity contribution in [2.75, 3.05) is 17.7 Å². The average Bonchev–Trinajstić information content (AvgIpc) is 2.60. The third-order valence-corrected chi connectivity index (χ3v) is 4.22. The first kappa shape index (κ1) is 18.1. The van der Waals surface area contributed by atoms with Crippen LogP contribution in [0.25, 0.3) is 0 Å². The van der Waals surface area contributed by atoms with Crippen molar-refractivity contribution >= 4 is 23.3 Å². The fourth-order valence-electron chi connectivity index (χ4n) is 3.09. The number of nitrogens with one attached hydrogen (secondary N) is 2. The number of allylic oxidation sites excluding steroid dienone is 1. The lowest BCUT2D eigenvalue weighted by Gasteiger charge is -2.29. The molecule has 3 rings (SSSR count). The molecule has 0 radical (unpaired) electrons. The minimum atomic E-state index is -0.703. The van der Waals surface area contributed by atoms with Crippen molar-refractivity contribution < 1.29 is 14.5 Å². The molecule has 0 saturated heterocycles. The van der Waals surface area contributed by atoms with E-state index in [-0.39, 0.29) is 23.9 Å². The third-order valence-electron chi connectivity index (χ3n) is 4.22. The van der Waals surface area contributed by atoms with Crippen LogP contribution in [0.15, 0.2) is 40.3 Å². The molecular formula is C17H17N5O5. The van der Waals surface area contributed by atoms with Gasteiger partial charge in [-0.2, -0.15) is 4.98 Å². The number of anilines is 2.